The minimum absolute atomic E-state index is 0.0447. The largest absolute Gasteiger partial charge is 0.334 e. The number of aryl methyl sites for hydroxylation is 2. The van der Waals surface area contributed by atoms with Gasteiger partial charge in [-0.15, -0.1) is 0 Å². The average molecular weight is 385 g/mol. The molecule has 0 saturated heterocycles. The second-order valence-electron chi connectivity index (χ2n) is 5.59. The predicted molar refractivity (Wildman–Crippen MR) is 97.3 cm³/mol. The number of benzene rings is 1. The Hall–Kier alpha value is -2.06. The van der Waals surface area contributed by atoms with E-state index in [9.17, 15) is 13.2 Å². The number of hydrogen-bond donors (Lipinski definition) is 2. The zero-order chi connectivity index (χ0) is 18.4. The van der Waals surface area contributed by atoms with E-state index < -0.39 is 16.1 Å². The average Bonchev–Trinajstić information content (AvgIpc) is 2.86. The number of carbonyl (C=O) groups excluding carboxylic acids is 1. The van der Waals surface area contributed by atoms with Crippen molar-refractivity contribution in [3.8, 4) is 0 Å². The van der Waals surface area contributed by atoms with Crippen LogP contribution < -0.4 is 10.0 Å². The number of anilines is 1. The van der Waals surface area contributed by atoms with Crippen molar-refractivity contribution < 1.29 is 13.2 Å². The van der Waals surface area contributed by atoms with Gasteiger partial charge >= 0.3 is 6.03 Å². The lowest BCUT2D eigenvalue weighted by Gasteiger charge is -2.11. The first-order valence-corrected chi connectivity index (χ1v) is 9.82. The fourth-order valence-electron chi connectivity index (χ4n) is 2.31. The second kappa shape index (κ2) is 8.35. The molecule has 0 aliphatic carbocycles. The van der Waals surface area contributed by atoms with Gasteiger partial charge in [-0.3, -0.25) is 5.32 Å². The third kappa shape index (κ3) is 5.20. The third-order valence-corrected chi connectivity index (χ3v) is 5.30. The SMILES string of the molecule is CCCCCn1nc(C)cc1NC(=O)NS(=O)(=O)c1ccccc1Cl. The van der Waals surface area contributed by atoms with Crippen LogP contribution in [-0.2, 0) is 16.6 Å². The fourth-order valence-corrected chi connectivity index (χ4v) is 3.74. The van der Waals surface area contributed by atoms with Gasteiger partial charge in [0.1, 0.15) is 10.7 Å². The normalized spacial score (nSPS) is 11.3. The number of nitrogens with one attached hydrogen (secondary N) is 2. The maximum atomic E-state index is 12.3. The molecule has 0 aliphatic heterocycles. The summed E-state index contributed by atoms with van der Waals surface area (Å²) in [5, 5.41) is 6.88. The quantitative estimate of drug-likeness (QED) is 0.714. The van der Waals surface area contributed by atoms with Gasteiger partial charge in [0.05, 0.1) is 10.7 Å². The highest BCUT2D eigenvalue weighted by molar-refractivity contribution is 7.90. The summed E-state index contributed by atoms with van der Waals surface area (Å²) in [7, 11) is -4.06. The summed E-state index contributed by atoms with van der Waals surface area (Å²) in [6, 6.07) is 6.74. The Balaban J connectivity index is 2.09. The Labute approximate surface area is 152 Å². The first-order chi connectivity index (χ1) is 11.8. The van der Waals surface area contributed by atoms with E-state index in [4.69, 9.17) is 11.6 Å². The van der Waals surface area contributed by atoms with E-state index in [1.165, 1.54) is 18.2 Å². The molecule has 0 aliphatic rings. The number of halogens is 1. The van der Waals surface area contributed by atoms with Crippen molar-refractivity contribution in [2.24, 2.45) is 0 Å². The Morgan fingerprint density at radius 3 is 2.68 bits per heavy atom. The van der Waals surface area contributed by atoms with E-state index in [1.54, 1.807) is 23.7 Å². The zero-order valence-electron chi connectivity index (χ0n) is 14.1. The smallest absolute Gasteiger partial charge is 0.292 e. The Morgan fingerprint density at radius 1 is 1.28 bits per heavy atom. The molecule has 0 fully saturated rings. The molecule has 2 rings (SSSR count). The maximum absolute atomic E-state index is 12.3. The predicted octanol–water partition coefficient (Wildman–Crippen LogP) is 3.55. The van der Waals surface area contributed by atoms with Crippen molar-refractivity contribution >= 4 is 33.5 Å². The van der Waals surface area contributed by atoms with Crippen molar-refractivity contribution in [2.45, 2.75) is 44.6 Å². The summed E-state index contributed by atoms with van der Waals surface area (Å²) in [6.45, 7) is 4.55. The molecule has 0 unspecified atom stereocenters. The lowest BCUT2D eigenvalue weighted by Crippen LogP contribution is -2.35. The van der Waals surface area contributed by atoms with E-state index in [0.29, 0.717) is 12.4 Å². The van der Waals surface area contributed by atoms with Crippen molar-refractivity contribution in [1.82, 2.24) is 14.5 Å². The van der Waals surface area contributed by atoms with Crippen molar-refractivity contribution in [3.63, 3.8) is 0 Å². The summed E-state index contributed by atoms with van der Waals surface area (Å²) in [6.07, 6.45) is 3.04. The van der Waals surface area contributed by atoms with Crippen molar-refractivity contribution in [1.29, 1.82) is 0 Å². The van der Waals surface area contributed by atoms with Crippen LogP contribution in [0.4, 0.5) is 10.6 Å². The highest BCUT2D eigenvalue weighted by Crippen LogP contribution is 2.20. The number of urea groups is 1. The molecule has 0 bridgehead atoms. The summed E-state index contributed by atoms with van der Waals surface area (Å²) < 4.78 is 28.2. The van der Waals surface area contributed by atoms with Gasteiger partial charge in [0.25, 0.3) is 10.0 Å². The van der Waals surface area contributed by atoms with Gasteiger partial charge < -0.3 is 0 Å². The first-order valence-electron chi connectivity index (χ1n) is 7.96. The van der Waals surface area contributed by atoms with Crippen LogP contribution in [0.2, 0.25) is 5.02 Å². The summed E-state index contributed by atoms with van der Waals surface area (Å²) in [4.78, 5) is 12.0. The molecule has 0 radical (unpaired) electrons. The molecule has 25 heavy (non-hydrogen) atoms. The van der Waals surface area contributed by atoms with E-state index in [1.807, 2.05) is 4.72 Å². The molecule has 7 nitrogen and oxygen atoms in total. The van der Waals surface area contributed by atoms with Gasteiger partial charge in [0.2, 0.25) is 0 Å². The standard InChI is InChI=1S/C16H21ClN4O3S/c1-3-4-7-10-21-15(11-12(2)19-21)18-16(22)20-25(23,24)14-9-6-5-8-13(14)17/h5-6,8-9,11H,3-4,7,10H2,1-2H3,(H2,18,20,22). The Morgan fingerprint density at radius 2 is 2.00 bits per heavy atom. The van der Waals surface area contributed by atoms with Crippen LogP contribution in [0.25, 0.3) is 0 Å². The fraction of sp³-hybridized carbons (Fsp3) is 0.375. The lowest BCUT2D eigenvalue weighted by molar-refractivity contribution is 0.256. The van der Waals surface area contributed by atoms with Crippen LogP contribution >= 0.6 is 11.6 Å². The van der Waals surface area contributed by atoms with Gasteiger partial charge in [-0.25, -0.2) is 22.6 Å². The molecule has 1 aromatic heterocycles. The van der Waals surface area contributed by atoms with Crippen LogP contribution in [0.3, 0.4) is 0 Å². The van der Waals surface area contributed by atoms with E-state index in [0.717, 1.165) is 25.0 Å². The van der Waals surface area contributed by atoms with E-state index in [-0.39, 0.29) is 9.92 Å². The van der Waals surface area contributed by atoms with E-state index in [2.05, 4.69) is 17.3 Å². The van der Waals surface area contributed by atoms with Gasteiger partial charge in [-0.2, -0.15) is 5.10 Å². The zero-order valence-corrected chi connectivity index (χ0v) is 15.7. The number of aromatic nitrogens is 2. The number of carbonyl (C=O) groups is 1. The summed E-state index contributed by atoms with van der Waals surface area (Å²) in [5.41, 5.74) is 0.737. The maximum Gasteiger partial charge on any atom is 0.334 e. The molecule has 2 amide bonds. The number of rotatable bonds is 7. The van der Waals surface area contributed by atoms with Gasteiger partial charge in [-0.1, -0.05) is 43.5 Å². The number of sulfonamides is 1. The Kier molecular flexibility index (Phi) is 6.44. The van der Waals surface area contributed by atoms with Crippen LogP contribution in [0, 0.1) is 6.92 Å². The highest BCUT2D eigenvalue weighted by atomic mass is 35.5. The minimum Gasteiger partial charge on any atom is -0.292 e. The van der Waals surface area contributed by atoms with Crippen LogP contribution in [0.5, 0.6) is 0 Å². The van der Waals surface area contributed by atoms with Gasteiger partial charge in [0, 0.05) is 12.6 Å². The summed E-state index contributed by atoms with van der Waals surface area (Å²) >= 11 is 5.89. The molecule has 0 atom stereocenters. The molecular formula is C16H21ClN4O3S. The van der Waals surface area contributed by atoms with Crippen molar-refractivity contribution in [2.75, 3.05) is 5.32 Å². The number of nitrogens with zero attached hydrogens (tertiary/aromatic N) is 2. The van der Waals surface area contributed by atoms with Crippen LogP contribution in [-0.4, -0.2) is 24.2 Å². The van der Waals surface area contributed by atoms with Gasteiger partial charge in [0.15, 0.2) is 0 Å². The highest BCUT2D eigenvalue weighted by Gasteiger charge is 2.21. The molecule has 1 heterocycles. The second-order valence-corrected chi connectivity index (χ2v) is 7.65. The summed E-state index contributed by atoms with van der Waals surface area (Å²) in [5.74, 6) is 0.445. The van der Waals surface area contributed by atoms with E-state index >= 15 is 0 Å². The monoisotopic (exact) mass is 384 g/mol. The lowest BCUT2D eigenvalue weighted by atomic mass is 10.2. The topological polar surface area (TPSA) is 93.1 Å². The molecule has 0 spiro atoms. The Bertz CT molecular complexity index is 849. The van der Waals surface area contributed by atoms with Crippen LogP contribution in [0.1, 0.15) is 31.9 Å². The molecular weight excluding hydrogens is 364 g/mol. The van der Waals surface area contributed by atoms with Crippen LogP contribution in [0.15, 0.2) is 35.2 Å². The molecule has 2 aromatic rings. The third-order valence-electron chi connectivity index (χ3n) is 3.47. The molecule has 1 aromatic carbocycles. The first kappa shape index (κ1) is 19.3. The molecule has 136 valence electrons. The molecule has 9 heteroatoms. The number of amides is 2. The number of unbranched alkanes of at least 4 members (excludes halogenated alkanes) is 2. The van der Waals surface area contributed by atoms with Gasteiger partial charge in [-0.05, 0) is 25.5 Å². The molecule has 2 N–H and O–H groups in total. The van der Waals surface area contributed by atoms with Crippen molar-refractivity contribution in [3.05, 3.63) is 41.0 Å². The number of hydrogen-bond acceptors (Lipinski definition) is 4. The minimum atomic E-state index is -4.06. The molecule has 0 saturated carbocycles.